The van der Waals surface area contributed by atoms with E-state index in [1.165, 1.54) is 0 Å². The van der Waals surface area contributed by atoms with Crippen LogP contribution in [0.5, 0.6) is 11.5 Å². The normalized spacial score (nSPS) is 11.6. The van der Waals surface area contributed by atoms with Crippen LogP contribution in [-0.4, -0.2) is 30.6 Å². The number of methoxy groups -OCH3 is 1. The Kier molecular flexibility index (Phi) is 6.44. The van der Waals surface area contributed by atoms with Crippen LogP contribution in [-0.2, 0) is 11.2 Å². The summed E-state index contributed by atoms with van der Waals surface area (Å²) in [7, 11) is 1.57. The zero-order valence-electron chi connectivity index (χ0n) is 15.3. The van der Waals surface area contributed by atoms with Gasteiger partial charge < -0.3 is 14.8 Å². The first-order valence-electron chi connectivity index (χ1n) is 8.74. The second kappa shape index (κ2) is 9.19. The first kappa shape index (κ1) is 18.9. The first-order chi connectivity index (χ1) is 13.2. The molecule has 3 rings (SSSR count). The number of thiazole rings is 1. The van der Waals surface area contributed by atoms with E-state index < -0.39 is 6.10 Å². The lowest BCUT2D eigenvalue weighted by molar-refractivity contribution is -0.127. The molecule has 0 saturated carbocycles. The average Bonchev–Trinajstić information content (AvgIpc) is 3.18. The minimum Gasteiger partial charge on any atom is -0.493 e. The minimum absolute atomic E-state index is 0.167. The molecule has 0 unspecified atom stereocenters. The molecule has 1 atom stereocenters. The topological polar surface area (TPSA) is 60.5 Å². The summed E-state index contributed by atoms with van der Waals surface area (Å²) in [6.07, 6.45) is 0.0628. The van der Waals surface area contributed by atoms with Crippen molar-refractivity contribution in [2.45, 2.75) is 19.4 Å². The average molecular weight is 382 g/mol. The van der Waals surface area contributed by atoms with Gasteiger partial charge in [-0.1, -0.05) is 42.5 Å². The van der Waals surface area contributed by atoms with Crippen molar-refractivity contribution in [3.8, 4) is 22.1 Å². The van der Waals surface area contributed by atoms with Crippen LogP contribution in [0.15, 0.2) is 60.0 Å². The van der Waals surface area contributed by atoms with Gasteiger partial charge in [-0.3, -0.25) is 4.79 Å². The number of nitrogens with one attached hydrogen (secondary N) is 1. The van der Waals surface area contributed by atoms with E-state index in [1.54, 1.807) is 37.5 Å². The number of carbonyl (C=O) groups excluding carboxylic acids is 1. The third-order valence-corrected chi connectivity index (χ3v) is 4.94. The number of carbonyl (C=O) groups is 1. The van der Waals surface area contributed by atoms with Gasteiger partial charge in [0, 0.05) is 23.9 Å². The van der Waals surface area contributed by atoms with Crippen LogP contribution in [0.3, 0.4) is 0 Å². The van der Waals surface area contributed by atoms with Crippen LogP contribution in [0.25, 0.3) is 10.6 Å². The van der Waals surface area contributed by atoms with E-state index in [1.807, 2.05) is 47.8 Å². The second-order valence-corrected chi connectivity index (χ2v) is 6.82. The Bertz CT molecular complexity index is 880. The molecule has 0 bridgehead atoms. The van der Waals surface area contributed by atoms with Crippen LogP contribution in [0.1, 0.15) is 12.6 Å². The zero-order chi connectivity index (χ0) is 19.1. The zero-order valence-corrected chi connectivity index (χ0v) is 16.2. The number of ether oxygens (including phenoxy) is 2. The number of hydrogen-bond donors (Lipinski definition) is 1. The van der Waals surface area contributed by atoms with Crippen molar-refractivity contribution >= 4 is 17.2 Å². The molecule has 1 aromatic heterocycles. The largest absolute Gasteiger partial charge is 0.493 e. The molecule has 0 fully saturated rings. The van der Waals surface area contributed by atoms with E-state index in [9.17, 15) is 4.79 Å². The number of benzene rings is 2. The van der Waals surface area contributed by atoms with Gasteiger partial charge in [-0.25, -0.2) is 4.98 Å². The molecule has 1 amide bonds. The SMILES string of the molecule is COc1ccccc1O[C@H](C)C(=O)NCCc1csc(-c2ccccc2)n1. The molecule has 0 aliphatic carbocycles. The molecular weight excluding hydrogens is 360 g/mol. The number of hydrogen-bond acceptors (Lipinski definition) is 5. The highest BCUT2D eigenvalue weighted by Gasteiger charge is 2.16. The Morgan fingerprint density at radius 2 is 1.81 bits per heavy atom. The molecule has 6 heteroatoms. The molecule has 3 aromatic rings. The summed E-state index contributed by atoms with van der Waals surface area (Å²) in [6.45, 7) is 2.23. The van der Waals surface area contributed by atoms with Crippen molar-refractivity contribution in [2.75, 3.05) is 13.7 Å². The maximum Gasteiger partial charge on any atom is 0.260 e. The van der Waals surface area contributed by atoms with Crippen LogP contribution in [0.4, 0.5) is 0 Å². The van der Waals surface area contributed by atoms with Crippen molar-refractivity contribution in [2.24, 2.45) is 0 Å². The number of aromatic nitrogens is 1. The summed E-state index contributed by atoms with van der Waals surface area (Å²) in [6, 6.07) is 17.3. The second-order valence-electron chi connectivity index (χ2n) is 5.96. The third kappa shape index (κ3) is 5.08. The number of amides is 1. The Balaban J connectivity index is 1.49. The molecule has 0 aliphatic heterocycles. The van der Waals surface area contributed by atoms with Crippen molar-refractivity contribution in [1.82, 2.24) is 10.3 Å². The highest BCUT2D eigenvalue weighted by atomic mass is 32.1. The quantitative estimate of drug-likeness (QED) is 0.641. The van der Waals surface area contributed by atoms with Gasteiger partial charge in [-0.2, -0.15) is 0 Å². The van der Waals surface area contributed by atoms with Crippen LogP contribution < -0.4 is 14.8 Å². The molecule has 140 valence electrons. The van der Waals surface area contributed by atoms with Gasteiger partial charge in [0.1, 0.15) is 5.01 Å². The van der Waals surface area contributed by atoms with E-state index in [4.69, 9.17) is 9.47 Å². The van der Waals surface area contributed by atoms with Crippen molar-refractivity contribution < 1.29 is 14.3 Å². The monoisotopic (exact) mass is 382 g/mol. The summed E-state index contributed by atoms with van der Waals surface area (Å²) < 4.78 is 11.0. The van der Waals surface area contributed by atoms with Crippen molar-refractivity contribution in [3.05, 3.63) is 65.7 Å². The molecule has 0 aliphatic rings. The summed E-state index contributed by atoms with van der Waals surface area (Å²) in [5.74, 6) is 0.988. The van der Waals surface area contributed by atoms with E-state index in [-0.39, 0.29) is 5.91 Å². The number of nitrogens with zero attached hydrogens (tertiary/aromatic N) is 1. The Morgan fingerprint density at radius 3 is 2.56 bits per heavy atom. The molecule has 0 saturated heterocycles. The van der Waals surface area contributed by atoms with E-state index in [0.717, 1.165) is 16.3 Å². The standard InChI is InChI=1S/C21H22N2O3S/c1-15(26-19-11-7-6-10-18(19)25-2)20(24)22-13-12-17-14-27-21(23-17)16-8-4-3-5-9-16/h3-11,14-15H,12-13H2,1-2H3,(H,22,24)/t15-/m1/s1. The fourth-order valence-corrected chi connectivity index (χ4v) is 3.41. The van der Waals surface area contributed by atoms with Gasteiger partial charge in [-0.05, 0) is 19.1 Å². The molecule has 27 heavy (non-hydrogen) atoms. The van der Waals surface area contributed by atoms with E-state index in [2.05, 4.69) is 10.3 Å². The predicted molar refractivity (Wildman–Crippen MR) is 107 cm³/mol. The van der Waals surface area contributed by atoms with Gasteiger partial charge >= 0.3 is 0 Å². The van der Waals surface area contributed by atoms with Gasteiger partial charge in [0.2, 0.25) is 0 Å². The van der Waals surface area contributed by atoms with Gasteiger partial charge in [0.15, 0.2) is 17.6 Å². The lowest BCUT2D eigenvalue weighted by Gasteiger charge is -2.16. The molecule has 5 nitrogen and oxygen atoms in total. The van der Waals surface area contributed by atoms with Crippen molar-refractivity contribution in [3.63, 3.8) is 0 Å². The predicted octanol–water partition coefficient (Wildman–Crippen LogP) is 3.94. The molecule has 1 heterocycles. The lowest BCUT2D eigenvalue weighted by atomic mass is 10.2. The van der Waals surface area contributed by atoms with Crippen LogP contribution in [0, 0.1) is 0 Å². The van der Waals surface area contributed by atoms with E-state index >= 15 is 0 Å². The summed E-state index contributed by atoms with van der Waals surface area (Å²) >= 11 is 1.61. The lowest BCUT2D eigenvalue weighted by Crippen LogP contribution is -2.37. The minimum atomic E-state index is -0.614. The maximum atomic E-state index is 12.3. The summed E-state index contributed by atoms with van der Waals surface area (Å²) in [5.41, 5.74) is 2.08. The molecule has 2 aromatic carbocycles. The third-order valence-electron chi connectivity index (χ3n) is 3.99. The van der Waals surface area contributed by atoms with Crippen LogP contribution >= 0.6 is 11.3 Å². The fraction of sp³-hybridized carbons (Fsp3) is 0.238. The first-order valence-corrected chi connectivity index (χ1v) is 9.62. The number of para-hydroxylation sites is 2. The summed E-state index contributed by atoms with van der Waals surface area (Å²) in [4.78, 5) is 16.9. The maximum absolute atomic E-state index is 12.3. The number of rotatable bonds is 8. The molecule has 0 radical (unpaired) electrons. The smallest absolute Gasteiger partial charge is 0.260 e. The highest BCUT2D eigenvalue weighted by Crippen LogP contribution is 2.27. The molecule has 0 spiro atoms. The Morgan fingerprint density at radius 1 is 1.11 bits per heavy atom. The fourth-order valence-electron chi connectivity index (χ4n) is 2.55. The highest BCUT2D eigenvalue weighted by molar-refractivity contribution is 7.13. The van der Waals surface area contributed by atoms with Crippen molar-refractivity contribution in [1.29, 1.82) is 0 Å². The van der Waals surface area contributed by atoms with E-state index in [0.29, 0.717) is 24.5 Å². The molecule has 1 N–H and O–H groups in total. The van der Waals surface area contributed by atoms with Gasteiger partial charge in [0.05, 0.1) is 12.8 Å². The Labute approximate surface area is 163 Å². The molecular formula is C21H22N2O3S. The van der Waals surface area contributed by atoms with Crippen LogP contribution in [0.2, 0.25) is 0 Å². The van der Waals surface area contributed by atoms with Gasteiger partial charge in [-0.15, -0.1) is 11.3 Å². The summed E-state index contributed by atoms with van der Waals surface area (Å²) in [5, 5.41) is 5.92. The van der Waals surface area contributed by atoms with Gasteiger partial charge in [0.25, 0.3) is 5.91 Å². The Hall–Kier alpha value is -2.86.